The van der Waals surface area contributed by atoms with Gasteiger partial charge < -0.3 is 16.4 Å². The maximum absolute atomic E-state index is 11.3. The zero-order valence-corrected chi connectivity index (χ0v) is 9.79. The summed E-state index contributed by atoms with van der Waals surface area (Å²) in [7, 11) is 0. The molecule has 5 nitrogen and oxygen atoms in total. The number of nitrogens with two attached hydrogens (primary N) is 1. The molecule has 1 aliphatic rings. The van der Waals surface area contributed by atoms with Gasteiger partial charge in [0.1, 0.15) is 0 Å². The van der Waals surface area contributed by atoms with Crippen molar-refractivity contribution in [3.05, 3.63) is 0 Å². The molecule has 1 fully saturated rings. The summed E-state index contributed by atoms with van der Waals surface area (Å²) < 4.78 is 0. The number of nitrogens with one attached hydrogen (secondary N) is 2. The molecule has 1 unspecified atom stereocenters. The van der Waals surface area contributed by atoms with Crippen LogP contribution in [0.2, 0.25) is 0 Å². The molecule has 1 saturated carbocycles. The van der Waals surface area contributed by atoms with Crippen LogP contribution in [0.15, 0.2) is 0 Å². The summed E-state index contributed by atoms with van der Waals surface area (Å²) in [5.41, 5.74) is 5.36. The maximum Gasteiger partial charge on any atom is 0.224 e. The molecule has 92 valence electrons. The summed E-state index contributed by atoms with van der Waals surface area (Å²) >= 11 is 0. The molecule has 0 heterocycles. The Kier molecular flexibility index (Phi) is 5.25. The van der Waals surface area contributed by atoms with Gasteiger partial charge >= 0.3 is 0 Å². The fraction of sp³-hybridized carbons (Fsp3) is 0.818. The Hall–Kier alpha value is -1.10. The van der Waals surface area contributed by atoms with Crippen LogP contribution >= 0.6 is 0 Å². The van der Waals surface area contributed by atoms with Gasteiger partial charge in [0.2, 0.25) is 11.8 Å². The molecule has 0 aromatic heterocycles. The summed E-state index contributed by atoms with van der Waals surface area (Å²) in [4.78, 5) is 22.6. The number of carbonyl (C=O) groups excluding carboxylic acids is 2. The molecule has 2 amide bonds. The van der Waals surface area contributed by atoms with Crippen LogP contribution in [0.1, 0.15) is 32.6 Å². The van der Waals surface area contributed by atoms with Gasteiger partial charge in [-0.1, -0.05) is 6.92 Å². The highest BCUT2D eigenvalue weighted by Crippen LogP contribution is 2.18. The van der Waals surface area contributed by atoms with E-state index in [9.17, 15) is 9.59 Å². The minimum atomic E-state index is -0.153. The summed E-state index contributed by atoms with van der Waals surface area (Å²) in [6.07, 6.45) is 3.38. The molecule has 4 N–H and O–H groups in total. The van der Waals surface area contributed by atoms with Gasteiger partial charge in [-0.2, -0.15) is 0 Å². The quantitative estimate of drug-likeness (QED) is 0.525. The first-order valence-corrected chi connectivity index (χ1v) is 5.90. The Morgan fingerprint density at radius 1 is 1.44 bits per heavy atom. The first-order valence-electron chi connectivity index (χ1n) is 5.90. The van der Waals surface area contributed by atoms with Crippen molar-refractivity contribution in [1.82, 2.24) is 10.6 Å². The van der Waals surface area contributed by atoms with Gasteiger partial charge in [0.05, 0.1) is 0 Å². The zero-order chi connectivity index (χ0) is 12.0. The first kappa shape index (κ1) is 13.0. The fourth-order valence-electron chi connectivity index (χ4n) is 1.27. The molecule has 0 spiro atoms. The number of hydrogen-bond acceptors (Lipinski definition) is 3. The van der Waals surface area contributed by atoms with Crippen LogP contribution in [0.4, 0.5) is 0 Å². The number of carbonyl (C=O) groups is 2. The summed E-state index contributed by atoms with van der Waals surface area (Å²) in [5, 5.41) is 5.66. The predicted octanol–water partition coefficient (Wildman–Crippen LogP) is -0.244. The second-order valence-corrected chi connectivity index (χ2v) is 4.37. The third-order valence-corrected chi connectivity index (χ3v) is 2.62. The van der Waals surface area contributed by atoms with Gasteiger partial charge in [0, 0.05) is 31.5 Å². The van der Waals surface area contributed by atoms with E-state index in [-0.39, 0.29) is 17.7 Å². The van der Waals surface area contributed by atoms with Gasteiger partial charge in [-0.05, 0) is 19.3 Å². The van der Waals surface area contributed by atoms with Crippen LogP contribution in [0.3, 0.4) is 0 Å². The Morgan fingerprint density at radius 2 is 2.12 bits per heavy atom. The molecule has 0 radical (unpaired) electrons. The Balaban J connectivity index is 1.97. The van der Waals surface area contributed by atoms with Crippen LogP contribution in [0, 0.1) is 5.92 Å². The van der Waals surface area contributed by atoms with Gasteiger partial charge in [0.15, 0.2) is 0 Å². The molecule has 1 rings (SSSR count). The molecule has 1 atom stereocenters. The van der Waals surface area contributed by atoms with E-state index in [1.807, 2.05) is 0 Å². The van der Waals surface area contributed by atoms with Gasteiger partial charge in [-0.3, -0.25) is 9.59 Å². The summed E-state index contributed by atoms with van der Waals surface area (Å²) in [6, 6.07) is 0.416. The second kappa shape index (κ2) is 6.48. The van der Waals surface area contributed by atoms with Gasteiger partial charge in [0.25, 0.3) is 0 Å². The number of rotatable bonds is 7. The largest absolute Gasteiger partial charge is 0.356 e. The molecule has 16 heavy (non-hydrogen) atoms. The highest BCUT2D eigenvalue weighted by Gasteiger charge is 2.22. The van der Waals surface area contributed by atoms with Crippen LogP contribution in [-0.2, 0) is 9.59 Å². The van der Waals surface area contributed by atoms with Crippen molar-refractivity contribution in [1.29, 1.82) is 0 Å². The number of amides is 2. The molecule has 0 aromatic carbocycles. The van der Waals surface area contributed by atoms with E-state index in [2.05, 4.69) is 10.6 Å². The summed E-state index contributed by atoms with van der Waals surface area (Å²) in [6.45, 7) is 2.68. The second-order valence-electron chi connectivity index (χ2n) is 4.37. The molecule has 0 saturated heterocycles. The van der Waals surface area contributed by atoms with Crippen molar-refractivity contribution in [2.75, 3.05) is 13.1 Å². The normalized spacial score (nSPS) is 16.6. The van der Waals surface area contributed by atoms with Gasteiger partial charge in [-0.25, -0.2) is 0 Å². The summed E-state index contributed by atoms with van der Waals surface area (Å²) in [5.74, 6) is -0.103. The lowest BCUT2D eigenvalue weighted by Gasteiger charge is -2.09. The Labute approximate surface area is 96.1 Å². The Morgan fingerprint density at radius 3 is 2.69 bits per heavy atom. The van der Waals surface area contributed by atoms with Crippen LogP contribution in [-0.4, -0.2) is 30.9 Å². The lowest BCUT2D eigenvalue weighted by Crippen LogP contribution is -2.34. The molecule has 1 aliphatic carbocycles. The molecule has 0 aliphatic heterocycles. The maximum atomic E-state index is 11.3. The van der Waals surface area contributed by atoms with Crippen molar-refractivity contribution in [2.45, 2.75) is 38.6 Å². The standard InChI is InChI=1S/C11H21N3O2/c1-8(7-12)11(16)13-6-2-3-10(15)14-9-4-5-9/h8-9H,2-7,12H2,1H3,(H,13,16)(H,14,15). The SMILES string of the molecule is CC(CN)C(=O)NCCCC(=O)NC1CC1. The number of hydrogen-bond donors (Lipinski definition) is 3. The molecular weight excluding hydrogens is 206 g/mol. The highest BCUT2D eigenvalue weighted by atomic mass is 16.2. The lowest BCUT2D eigenvalue weighted by atomic mass is 10.1. The van der Waals surface area contributed by atoms with E-state index < -0.39 is 0 Å². The van der Waals surface area contributed by atoms with Crippen molar-refractivity contribution >= 4 is 11.8 Å². The molecular formula is C11H21N3O2. The molecule has 5 heteroatoms. The minimum Gasteiger partial charge on any atom is -0.356 e. The van der Waals surface area contributed by atoms with Crippen molar-refractivity contribution in [3.8, 4) is 0 Å². The third-order valence-electron chi connectivity index (χ3n) is 2.62. The van der Waals surface area contributed by atoms with E-state index in [0.717, 1.165) is 12.8 Å². The van der Waals surface area contributed by atoms with E-state index in [1.165, 1.54) is 0 Å². The van der Waals surface area contributed by atoms with Crippen LogP contribution in [0.25, 0.3) is 0 Å². The van der Waals surface area contributed by atoms with Crippen molar-refractivity contribution in [2.24, 2.45) is 11.7 Å². The van der Waals surface area contributed by atoms with E-state index in [0.29, 0.717) is 32.0 Å². The highest BCUT2D eigenvalue weighted by molar-refractivity contribution is 5.79. The molecule has 0 aromatic rings. The fourth-order valence-corrected chi connectivity index (χ4v) is 1.27. The van der Waals surface area contributed by atoms with E-state index >= 15 is 0 Å². The van der Waals surface area contributed by atoms with Crippen molar-refractivity contribution < 1.29 is 9.59 Å². The Bertz CT molecular complexity index is 252. The average molecular weight is 227 g/mol. The monoisotopic (exact) mass is 227 g/mol. The van der Waals surface area contributed by atoms with Gasteiger partial charge in [-0.15, -0.1) is 0 Å². The zero-order valence-electron chi connectivity index (χ0n) is 9.79. The average Bonchev–Trinajstić information content (AvgIpc) is 3.06. The predicted molar refractivity (Wildman–Crippen MR) is 61.6 cm³/mol. The molecule has 0 bridgehead atoms. The minimum absolute atomic E-state index is 0.0369. The van der Waals surface area contributed by atoms with E-state index in [1.54, 1.807) is 6.92 Å². The topological polar surface area (TPSA) is 84.2 Å². The van der Waals surface area contributed by atoms with Crippen molar-refractivity contribution in [3.63, 3.8) is 0 Å². The van der Waals surface area contributed by atoms with Crippen LogP contribution < -0.4 is 16.4 Å². The van der Waals surface area contributed by atoms with Crippen LogP contribution in [0.5, 0.6) is 0 Å². The third kappa shape index (κ3) is 5.11. The smallest absolute Gasteiger partial charge is 0.224 e. The first-order chi connectivity index (χ1) is 7.63. The van der Waals surface area contributed by atoms with E-state index in [4.69, 9.17) is 5.73 Å². The lowest BCUT2D eigenvalue weighted by molar-refractivity contribution is -0.125.